The summed E-state index contributed by atoms with van der Waals surface area (Å²) in [5.74, 6) is 0.527. The van der Waals surface area contributed by atoms with Crippen LogP contribution in [0.1, 0.15) is 115 Å². The number of hydrogen-bond donors (Lipinski definition) is 0. The largest absolute Gasteiger partial charge is 1.00 e. The first-order valence-electron chi connectivity index (χ1n) is 16.6. The van der Waals surface area contributed by atoms with Crippen LogP contribution in [0.5, 0.6) is 0 Å². The zero-order valence-corrected chi connectivity index (χ0v) is 35.1. The molecule has 0 bridgehead atoms. The predicted molar refractivity (Wildman–Crippen MR) is 189 cm³/mol. The van der Waals surface area contributed by atoms with Gasteiger partial charge in [-0.25, -0.2) is 0 Å². The third-order valence-electron chi connectivity index (χ3n) is 9.69. The Kier molecular flexibility index (Phi) is 15.5. The zero-order valence-electron chi connectivity index (χ0n) is 30.3. The van der Waals surface area contributed by atoms with Crippen molar-refractivity contribution in [3.8, 4) is 0 Å². The second kappa shape index (κ2) is 16.6. The molecule has 0 saturated heterocycles. The molecule has 248 valence electrons. The molecule has 0 spiro atoms. The number of hydrogen-bond acceptors (Lipinski definition) is 0. The Bertz CT molecular complexity index is 1500. The van der Waals surface area contributed by atoms with Crippen LogP contribution in [0.3, 0.4) is 0 Å². The fourth-order valence-corrected chi connectivity index (χ4v) is 13.5. The average molecular weight is 730 g/mol. The molecule has 0 amide bonds. The maximum atomic E-state index is 2.66. The summed E-state index contributed by atoms with van der Waals surface area (Å²) in [4.78, 5) is 0. The van der Waals surface area contributed by atoms with E-state index in [2.05, 4.69) is 164 Å². The Balaban J connectivity index is 0.00000353. The van der Waals surface area contributed by atoms with Crippen LogP contribution < -0.4 is 52.8 Å². The van der Waals surface area contributed by atoms with E-state index in [1.807, 2.05) is 0 Å². The van der Waals surface area contributed by atoms with Crippen LogP contribution in [-0.4, -0.2) is 8.07 Å². The molecule has 0 aromatic heterocycles. The standard InChI is InChI=1S/C41H55Si.3ClH.Ti/c1-13-30(6)38-17-16-18-39(38)42(35-20-28(4)19-29(5)21-35,36-23-31(14-2)22-32(15-3)24-36)37-26-33(40(7,8)9)25-34(27-37)41(10,11)12;;;;/h18-27,30H,13-16H2,1-12H3;3*1H;/q;;;;+3/p-3. The molecular formula is C41H55Cl3SiTi. The van der Waals surface area contributed by atoms with Crippen molar-refractivity contribution in [2.45, 2.75) is 120 Å². The number of halogens is 3. The van der Waals surface area contributed by atoms with E-state index in [1.54, 1.807) is 25.0 Å². The fourth-order valence-electron chi connectivity index (χ4n) is 6.96. The molecule has 0 nitrogen and oxygen atoms in total. The summed E-state index contributed by atoms with van der Waals surface area (Å²) in [7, 11) is -2.75. The Morgan fingerprint density at radius 1 is 0.652 bits per heavy atom. The van der Waals surface area contributed by atoms with Crippen molar-refractivity contribution in [1.29, 1.82) is 0 Å². The Labute approximate surface area is 313 Å². The van der Waals surface area contributed by atoms with Crippen molar-refractivity contribution in [3.05, 3.63) is 109 Å². The van der Waals surface area contributed by atoms with Gasteiger partial charge < -0.3 is 37.2 Å². The van der Waals surface area contributed by atoms with Crippen LogP contribution in [0.4, 0.5) is 0 Å². The molecule has 2 unspecified atom stereocenters. The fraction of sp³-hybridized carbons (Fsp3) is 0.463. The maximum Gasteiger partial charge on any atom is -1.00 e. The first-order valence-corrected chi connectivity index (χ1v) is 19.4. The first-order chi connectivity index (χ1) is 20.1. The van der Waals surface area contributed by atoms with Crippen LogP contribution in [-0.2, 0) is 44.1 Å². The number of rotatable bonds is 8. The van der Waals surface area contributed by atoms with E-state index < -0.39 is 8.07 Å². The summed E-state index contributed by atoms with van der Waals surface area (Å²) >= 11 is 2.40. The molecule has 0 aliphatic heterocycles. The van der Waals surface area contributed by atoms with E-state index in [0.717, 1.165) is 25.7 Å². The van der Waals surface area contributed by atoms with Crippen molar-refractivity contribution in [3.63, 3.8) is 0 Å². The Morgan fingerprint density at radius 3 is 1.50 bits per heavy atom. The van der Waals surface area contributed by atoms with Crippen molar-refractivity contribution in [2.24, 2.45) is 5.92 Å². The molecule has 46 heavy (non-hydrogen) atoms. The van der Waals surface area contributed by atoms with Crippen LogP contribution in [0.2, 0.25) is 0 Å². The van der Waals surface area contributed by atoms with Gasteiger partial charge in [0, 0.05) is 0 Å². The molecule has 1 aliphatic rings. The first kappa shape index (κ1) is 43.0. The second-order valence-electron chi connectivity index (χ2n) is 15.2. The van der Waals surface area contributed by atoms with Gasteiger partial charge in [-0.05, 0) is 0 Å². The van der Waals surface area contributed by atoms with Gasteiger partial charge in [0.15, 0.2) is 0 Å². The van der Waals surface area contributed by atoms with Gasteiger partial charge in [-0.3, -0.25) is 0 Å². The predicted octanol–water partition coefficient (Wildman–Crippen LogP) is 0.222. The van der Waals surface area contributed by atoms with Crippen LogP contribution in [0.15, 0.2) is 75.3 Å². The van der Waals surface area contributed by atoms with E-state index >= 15 is 0 Å². The summed E-state index contributed by atoms with van der Waals surface area (Å²) in [6, 6.07) is 22.9. The summed E-state index contributed by atoms with van der Waals surface area (Å²) in [5.41, 5.74) is 10.3. The van der Waals surface area contributed by atoms with Crippen LogP contribution >= 0.6 is 0 Å². The van der Waals surface area contributed by atoms with E-state index in [4.69, 9.17) is 0 Å². The number of benzene rings is 3. The topological polar surface area (TPSA) is 0 Å². The molecule has 5 heteroatoms. The second-order valence-corrected chi connectivity index (χ2v) is 19.9. The molecule has 0 radical (unpaired) electrons. The number of allylic oxidation sites excluding steroid dienone is 4. The smallest absolute Gasteiger partial charge is 1.00 e. The normalized spacial score (nSPS) is 15.3. The van der Waals surface area contributed by atoms with Crippen molar-refractivity contribution >= 4 is 23.6 Å². The quantitative estimate of drug-likeness (QED) is 0.230. The van der Waals surface area contributed by atoms with Gasteiger partial charge in [-0.2, -0.15) is 0 Å². The van der Waals surface area contributed by atoms with E-state index in [1.165, 1.54) is 38.6 Å². The van der Waals surface area contributed by atoms with Gasteiger partial charge in [0.2, 0.25) is 0 Å². The summed E-state index contributed by atoms with van der Waals surface area (Å²) in [5, 5.41) is 6.28. The Hall–Kier alpha value is -1.06. The van der Waals surface area contributed by atoms with Crippen molar-refractivity contribution in [2.75, 3.05) is 0 Å². The minimum absolute atomic E-state index is 0. The molecule has 0 fully saturated rings. The molecule has 0 saturated carbocycles. The van der Waals surface area contributed by atoms with E-state index in [-0.39, 0.29) is 48.1 Å². The molecule has 1 aliphatic carbocycles. The minimum Gasteiger partial charge on any atom is -1.00 e. The molecule has 4 rings (SSSR count). The third-order valence-corrected chi connectivity index (χ3v) is 15.2. The molecule has 0 N–H and O–H groups in total. The van der Waals surface area contributed by atoms with Crippen LogP contribution in [0, 0.1) is 19.8 Å². The number of aryl methyl sites for hydroxylation is 4. The molecular weight excluding hydrogens is 675 g/mol. The van der Waals surface area contributed by atoms with Crippen molar-refractivity contribution < 1.29 is 57.7 Å². The maximum absolute atomic E-state index is 2.75. The summed E-state index contributed by atoms with van der Waals surface area (Å²) in [6.07, 6.45) is 6.99. The van der Waals surface area contributed by atoms with Gasteiger partial charge in [0.05, 0.1) is 0 Å². The van der Waals surface area contributed by atoms with E-state index in [0.29, 0.717) is 5.92 Å². The summed E-state index contributed by atoms with van der Waals surface area (Å²) < 4.78 is 1.57. The van der Waals surface area contributed by atoms with Crippen LogP contribution in [0.25, 0.3) is 0 Å². The molecule has 2 atom stereocenters. The SMILES string of the molecule is CCc1cc(CC)cc([Si](C2=CC[C]([Ti+3])=C2C(C)CC)(c2cc(C)cc(C)c2)c2cc(C(C)(C)C)cc(C(C)(C)C)c2)c1.[Cl-].[Cl-].[Cl-]. The third kappa shape index (κ3) is 8.56. The van der Waals surface area contributed by atoms with Gasteiger partial charge in [-0.15, -0.1) is 0 Å². The molecule has 0 heterocycles. The zero-order chi connectivity index (χ0) is 31.9. The van der Waals surface area contributed by atoms with Gasteiger partial charge in [-0.1, -0.05) is 0 Å². The Morgan fingerprint density at radius 2 is 1.09 bits per heavy atom. The minimum atomic E-state index is -2.75. The van der Waals surface area contributed by atoms with Gasteiger partial charge in [0.1, 0.15) is 0 Å². The summed E-state index contributed by atoms with van der Waals surface area (Å²) in [6.45, 7) is 28.4. The van der Waals surface area contributed by atoms with E-state index in [9.17, 15) is 0 Å². The average Bonchev–Trinajstić information content (AvgIpc) is 3.32. The molecule has 3 aromatic rings. The monoisotopic (exact) mass is 728 g/mol. The van der Waals surface area contributed by atoms with Gasteiger partial charge in [0.25, 0.3) is 0 Å². The van der Waals surface area contributed by atoms with Gasteiger partial charge >= 0.3 is 278 Å². The van der Waals surface area contributed by atoms with Crippen molar-refractivity contribution in [1.82, 2.24) is 0 Å². The molecule has 3 aromatic carbocycles.